The summed E-state index contributed by atoms with van der Waals surface area (Å²) in [6.07, 6.45) is 5.24. The molecule has 1 unspecified atom stereocenters. The van der Waals surface area contributed by atoms with Gasteiger partial charge in [0.25, 0.3) is 0 Å². The molecule has 2 nitrogen and oxygen atoms in total. The van der Waals surface area contributed by atoms with Crippen molar-refractivity contribution in [3.63, 3.8) is 0 Å². The van der Waals surface area contributed by atoms with Crippen LogP contribution in [0.1, 0.15) is 35.4 Å². The fourth-order valence-corrected chi connectivity index (χ4v) is 2.79. The summed E-state index contributed by atoms with van der Waals surface area (Å²) in [7, 11) is 0. The maximum atomic E-state index is 11.3. The molecule has 2 heteroatoms. The number of allylic oxidation sites excluding steroid dienone is 2. The normalized spacial score (nSPS) is 17.5. The van der Waals surface area contributed by atoms with Crippen LogP contribution < -0.4 is 4.74 Å². The van der Waals surface area contributed by atoms with E-state index in [9.17, 15) is 4.79 Å². The van der Waals surface area contributed by atoms with Crippen LogP contribution in [0.5, 0.6) is 5.75 Å². The van der Waals surface area contributed by atoms with Crippen molar-refractivity contribution in [2.75, 3.05) is 0 Å². The predicted molar refractivity (Wildman–Crippen MR) is 88.1 cm³/mol. The van der Waals surface area contributed by atoms with E-state index in [0.29, 0.717) is 18.9 Å². The number of rotatable bonds is 4. The Labute approximate surface area is 131 Å². The lowest BCUT2D eigenvalue weighted by Crippen LogP contribution is -2.07. The Balaban J connectivity index is 1.75. The van der Waals surface area contributed by atoms with Crippen molar-refractivity contribution in [2.45, 2.75) is 32.3 Å². The largest absolute Gasteiger partial charge is 0.489 e. The van der Waals surface area contributed by atoms with E-state index < -0.39 is 0 Å². The van der Waals surface area contributed by atoms with Crippen LogP contribution in [0.3, 0.4) is 0 Å². The van der Waals surface area contributed by atoms with Crippen LogP contribution in [-0.4, -0.2) is 5.78 Å². The van der Waals surface area contributed by atoms with Gasteiger partial charge in [-0.05, 0) is 48.2 Å². The van der Waals surface area contributed by atoms with Crippen LogP contribution in [0.4, 0.5) is 0 Å². The highest BCUT2D eigenvalue weighted by Gasteiger charge is 2.16. The molecule has 0 saturated carbocycles. The van der Waals surface area contributed by atoms with E-state index in [1.165, 1.54) is 11.1 Å². The van der Waals surface area contributed by atoms with E-state index in [-0.39, 0.29) is 5.78 Å². The smallest absolute Gasteiger partial charge is 0.155 e. The maximum absolute atomic E-state index is 11.3. The van der Waals surface area contributed by atoms with E-state index in [1.807, 2.05) is 24.3 Å². The standard InChI is InChI=1S/C20H20O2/c1-15-11-18(17-7-9-19(21)10-8-17)13-20(12-15)22-14-16-5-3-2-4-6-16/h2-7,9,11-13,17H,8,10,14H2,1H3. The number of hydrogen-bond donors (Lipinski definition) is 0. The molecule has 0 saturated heterocycles. The van der Waals surface area contributed by atoms with Crippen molar-refractivity contribution in [1.82, 2.24) is 0 Å². The zero-order valence-corrected chi connectivity index (χ0v) is 12.8. The molecule has 2 aromatic carbocycles. The van der Waals surface area contributed by atoms with Gasteiger partial charge in [-0.2, -0.15) is 0 Å². The third-order valence-corrected chi connectivity index (χ3v) is 3.97. The highest BCUT2D eigenvalue weighted by Crippen LogP contribution is 2.30. The zero-order valence-electron chi connectivity index (χ0n) is 12.8. The first-order chi connectivity index (χ1) is 10.7. The minimum Gasteiger partial charge on any atom is -0.489 e. The second-order valence-electron chi connectivity index (χ2n) is 5.82. The van der Waals surface area contributed by atoms with E-state index in [2.05, 4.69) is 37.3 Å². The average Bonchev–Trinajstić information content (AvgIpc) is 2.54. The van der Waals surface area contributed by atoms with Crippen LogP contribution >= 0.6 is 0 Å². The summed E-state index contributed by atoms with van der Waals surface area (Å²) in [5.74, 6) is 1.44. The van der Waals surface area contributed by atoms with Crippen molar-refractivity contribution in [2.24, 2.45) is 0 Å². The highest BCUT2D eigenvalue weighted by atomic mass is 16.5. The van der Waals surface area contributed by atoms with Gasteiger partial charge in [0.1, 0.15) is 12.4 Å². The van der Waals surface area contributed by atoms with E-state index in [1.54, 1.807) is 6.08 Å². The fraction of sp³-hybridized carbons (Fsp3) is 0.250. The summed E-state index contributed by atoms with van der Waals surface area (Å²) in [5, 5.41) is 0. The Kier molecular flexibility index (Phi) is 4.38. The van der Waals surface area contributed by atoms with Gasteiger partial charge < -0.3 is 4.74 Å². The summed E-state index contributed by atoms with van der Waals surface area (Å²) >= 11 is 0. The highest BCUT2D eigenvalue weighted by molar-refractivity contribution is 5.90. The molecule has 0 bridgehead atoms. The molecule has 3 rings (SSSR count). The molecule has 1 aliphatic carbocycles. The third-order valence-electron chi connectivity index (χ3n) is 3.97. The van der Waals surface area contributed by atoms with Gasteiger partial charge in [0.2, 0.25) is 0 Å². The number of carbonyl (C=O) groups is 1. The Bertz CT molecular complexity index is 686. The summed E-state index contributed by atoms with van der Waals surface area (Å²) in [4.78, 5) is 11.3. The van der Waals surface area contributed by atoms with Crippen molar-refractivity contribution < 1.29 is 9.53 Å². The molecule has 0 amide bonds. The zero-order chi connectivity index (χ0) is 15.4. The number of hydrogen-bond acceptors (Lipinski definition) is 2. The maximum Gasteiger partial charge on any atom is 0.155 e. The molecule has 0 fully saturated rings. The Morgan fingerprint density at radius 2 is 1.95 bits per heavy atom. The number of aryl methyl sites for hydroxylation is 1. The van der Waals surface area contributed by atoms with Gasteiger partial charge >= 0.3 is 0 Å². The lowest BCUT2D eigenvalue weighted by atomic mass is 9.88. The van der Waals surface area contributed by atoms with Crippen LogP contribution in [0, 0.1) is 6.92 Å². The molecular formula is C20H20O2. The Morgan fingerprint density at radius 3 is 2.68 bits per heavy atom. The monoisotopic (exact) mass is 292 g/mol. The average molecular weight is 292 g/mol. The van der Waals surface area contributed by atoms with Crippen molar-refractivity contribution in [3.05, 3.63) is 77.4 Å². The molecule has 2 aromatic rings. The molecule has 0 aromatic heterocycles. The molecule has 0 heterocycles. The van der Waals surface area contributed by atoms with Crippen LogP contribution in [0.2, 0.25) is 0 Å². The number of ether oxygens (including phenoxy) is 1. The second kappa shape index (κ2) is 6.61. The molecule has 0 radical (unpaired) electrons. The minimum atomic E-state index is 0.226. The van der Waals surface area contributed by atoms with Crippen molar-refractivity contribution in [3.8, 4) is 5.75 Å². The fourth-order valence-electron chi connectivity index (χ4n) is 2.79. The van der Waals surface area contributed by atoms with Crippen LogP contribution in [-0.2, 0) is 11.4 Å². The van der Waals surface area contributed by atoms with E-state index in [0.717, 1.165) is 17.7 Å². The molecule has 1 atom stereocenters. The molecule has 0 N–H and O–H groups in total. The molecule has 112 valence electrons. The van der Waals surface area contributed by atoms with Crippen LogP contribution in [0.25, 0.3) is 0 Å². The lowest BCUT2D eigenvalue weighted by molar-refractivity contribution is -0.115. The topological polar surface area (TPSA) is 26.3 Å². The lowest BCUT2D eigenvalue weighted by Gasteiger charge is -2.18. The summed E-state index contributed by atoms with van der Waals surface area (Å²) in [6.45, 7) is 2.65. The molecule has 1 aliphatic rings. The third kappa shape index (κ3) is 3.64. The summed E-state index contributed by atoms with van der Waals surface area (Å²) in [5.41, 5.74) is 3.58. The van der Waals surface area contributed by atoms with Gasteiger partial charge in [-0.15, -0.1) is 0 Å². The van der Waals surface area contributed by atoms with Gasteiger partial charge in [0.15, 0.2) is 5.78 Å². The summed E-state index contributed by atoms with van der Waals surface area (Å²) < 4.78 is 5.93. The Morgan fingerprint density at radius 1 is 1.14 bits per heavy atom. The molecule has 0 aliphatic heterocycles. The van der Waals surface area contributed by atoms with Crippen molar-refractivity contribution >= 4 is 5.78 Å². The van der Waals surface area contributed by atoms with Crippen LogP contribution in [0.15, 0.2) is 60.7 Å². The molecular weight excluding hydrogens is 272 g/mol. The second-order valence-corrected chi connectivity index (χ2v) is 5.82. The van der Waals surface area contributed by atoms with Gasteiger partial charge in [-0.25, -0.2) is 0 Å². The Hall–Kier alpha value is -2.35. The number of ketones is 1. The first kappa shape index (κ1) is 14.6. The number of benzene rings is 2. The van der Waals surface area contributed by atoms with E-state index >= 15 is 0 Å². The molecule has 22 heavy (non-hydrogen) atoms. The predicted octanol–water partition coefficient (Wildman–Crippen LogP) is 4.58. The van der Waals surface area contributed by atoms with Crippen molar-refractivity contribution in [1.29, 1.82) is 0 Å². The first-order valence-electron chi connectivity index (χ1n) is 7.70. The SMILES string of the molecule is Cc1cc(OCc2ccccc2)cc(C2C=CC(=O)CC2)c1. The van der Waals surface area contributed by atoms with Gasteiger partial charge in [-0.3, -0.25) is 4.79 Å². The minimum absolute atomic E-state index is 0.226. The summed E-state index contributed by atoms with van der Waals surface area (Å²) in [6, 6.07) is 16.5. The quantitative estimate of drug-likeness (QED) is 0.824. The van der Waals surface area contributed by atoms with Gasteiger partial charge in [0.05, 0.1) is 0 Å². The number of carbonyl (C=O) groups excluding carboxylic acids is 1. The van der Waals surface area contributed by atoms with E-state index in [4.69, 9.17) is 4.74 Å². The first-order valence-corrected chi connectivity index (χ1v) is 7.70. The van der Waals surface area contributed by atoms with Gasteiger partial charge in [0, 0.05) is 12.3 Å². The molecule has 0 spiro atoms. The van der Waals surface area contributed by atoms with Gasteiger partial charge in [-0.1, -0.05) is 42.5 Å².